The Labute approximate surface area is 251 Å². The number of alkyl halides is 6. The van der Waals surface area contributed by atoms with Gasteiger partial charge in [0, 0.05) is 11.6 Å². The zero-order valence-corrected chi connectivity index (χ0v) is 23.9. The van der Waals surface area contributed by atoms with Gasteiger partial charge in [-0.3, -0.25) is 9.69 Å². The Hall–Kier alpha value is -3.55. The molecule has 1 aliphatic heterocycles. The Morgan fingerprint density at radius 1 is 0.977 bits per heavy atom. The largest absolute Gasteiger partial charge is 0.439 e. The number of nitrogens with zero attached hydrogens (tertiary/aromatic N) is 2. The van der Waals surface area contributed by atoms with Gasteiger partial charge in [-0.2, -0.15) is 26.3 Å². The van der Waals surface area contributed by atoms with Crippen LogP contribution >= 0.6 is 23.2 Å². The van der Waals surface area contributed by atoms with E-state index in [0.717, 1.165) is 11.0 Å². The summed E-state index contributed by atoms with van der Waals surface area (Å²) in [7, 11) is 0. The summed E-state index contributed by atoms with van der Waals surface area (Å²) >= 11 is 12.0. The number of amides is 3. The Kier molecular flexibility index (Phi) is 8.66. The molecule has 2 aromatic carbocycles. The molecule has 15 heteroatoms. The van der Waals surface area contributed by atoms with Crippen molar-refractivity contribution in [2.24, 2.45) is 0 Å². The molecule has 0 saturated carbocycles. The number of hydrogen-bond acceptors (Lipinski definition) is 5. The average Bonchev–Trinajstić information content (AvgIpc) is 3.13. The van der Waals surface area contributed by atoms with Crippen molar-refractivity contribution in [1.29, 1.82) is 0 Å². The highest BCUT2D eigenvalue weighted by atomic mass is 35.5. The van der Waals surface area contributed by atoms with E-state index in [1.165, 1.54) is 37.3 Å². The monoisotopic (exact) mass is 649 g/mol. The zero-order chi connectivity index (χ0) is 32.0. The average molecular weight is 650 g/mol. The molecule has 3 aromatic rings. The lowest BCUT2D eigenvalue weighted by Crippen LogP contribution is -2.53. The summed E-state index contributed by atoms with van der Waals surface area (Å²) in [6.07, 6.45) is -11.7. The van der Waals surface area contributed by atoms with Crippen LogP contribution in [0.4, 0.5) is 31.1 Å². The lowest BCUT2D eigenvalue weighted by molar-refractivity contribution is -0.376. The molecule has 43 heavy (non-hydrogen) atoms. The van der Waals surface area contributed by atoms with Crippen molar-refractivity contribution in [2.75, 3.05) is 0 Å². The van der Waals surface area contributed by atoms with Crippen molar-refractivity contribution in [3.8, 4) is 11.6 Å². The molecule has 1 saturated heterocycles. The predicted molar refractivity (Wildman–Crippen MR) is 144 cm³/mol. The summed E-state index contributed by atoms with van der Waals surface area (Å²) < 4.78 is 86.2. The molecule has 230 valence electrons. The molecule has 0 aliphatic carbocycles. The molecule has 1 aromatic heterocycles. The van der Waals surface area contributed by atoms with E-state index >= 15 is 0 Å². The molecule has 0 spiro atoms. The van der Waals surface area contributed by atoms with Crippen LogP contribution in [0.15, 0.2) is 54.6 Å². The summed E-state index contributed by atoms with van der Waals surface area (Å²) in [5.41, 5.74) is -7.41. The standard InChI is InChI=1S/C28H23Cl2F6N3O4/c1-3-5-15-12-17(26(42,27(31,32)33)28(34,35)36)9-11-21(15)43-22-7-4-6-18(37-22)14-39-23(40)25(2,38-24(39)41)16-8-10-19(29)20(30)13-16/h4,6-13,42H,3,5,14H2,1-2H3,(H,38,41). The highest BCUT2D eigenvalue weighted by Crippen LogP contribution is 2.50. The number of ether oxygens (including phenoxy) is 1. The van der Waals surface area contributed by atoms with E-state index in [9.17, 15) is 41.0 Å². The first-order chi connectivity index (χ1) is 19.9. The van der Waals surface area contributed by atoms with Crippen LogP contribution in [0.3, 0.4) is 0 Å². The van der Waals surface area contributed by atoms with Crippen molar-refractivity contribution in [3.63, 3.8) is 0 Å². The number of carbonyl (C=O) groups excluding carboxylic acids is 2. The summed E-state index contributed by atoms with van der Waals surface area (Å²) in [6, 6.07) is 10.1. The maximum atomic E-state index is 13.4. The quantitative estimate of drug-likeness (QED) is 0.196. The fourth-order valence-corrected chi connectivity index (χ4v) is 4.88. The van der Waals surface area contributed by atoms with Crippen LogP contribution in [0.1, 0.15) is 42.7 Å². The number of halogens is 8. The molecule has 1 unspecified atom stereocenters. The van der Waals surface area contributed by atoms with Gasteiger partial charge in [0.25, 0.3) is 11.5 Å². The third kappa shape index (κ3) is 5.98. The van der Waals surface area contributed by atoms with Gasteiger partial charge in [-0.25, -0.2) is 9.78 Å². The zero-order valence-electron chi connectivity index (χ0n) is 22.4. The van der Waals surface area contributed by atoms with E-state index in [1.807, 2.05) is 0 Å². The summed E-state index contributed by atoms with van der Waals surface area (Å²) in [5.74, 6) is -0.806. The number of carbonyl (C=O) groups is 2. The van der Waals surface area contributed by atoms with Crippen LogP contribution in [-0.4, -0.2) is 39.3 Å². The number of aryl methyl sites for hydroxylation is 1. The third-order valence-electron chi connectivity index (χ3n) is 6.91. The maximum Gasteiger partial charge on any atom is 0.430 e. The molecule has 7 nitrogen and oxygen atoms in total. The number of aromatic nitrogens is 1. The molecule has 2 heterocycles. The summed E-state index contributed by atoms with van der Waals surface area (Å²) in [4.78, 5) is 31.3. The first-order valence-electron chi connectivity index (χ1n) is 12.6. The van der Waals surface area contributed by atoms with Crippen molar-refractivity contribution in [3.05, 3.63) is 87.0 Å². The highest BCUT2D eigenvalue weighted by molar-refractivity contribution is 6.42. The van der Waals surface area contributed by atoms with Crippen LogP contribution in [-0.2, 0) is 28.9 Å². The van der Waals surface area contributed by atoms with E-state index in [1.54, 1.807) is 13.0 Å². The van der Waals surface area contributed by atoms with E-state index in [4.69, 9.17) is 27.9 Å². The van der Waals surface area contributed by atoms with Gasteiger partial charge in [-0.05, 0) is 54.8 Å². The topological polar surface area (TPSA) is 91.8 Å². The number of pyridine rings is 1. The van der Waals surface area contributed by atoms with Gasteiger partial charge in [-0.15, -0.1) is 0 Å². The van der Waals surface area contributed by atoms with E-state index in [0.29, 0.717) is 24.1 Å². The SMILES string of the molecule is CCCc1cc(C(O)(C(F)(F)F)C(F)(F)F)ccc1Oc1cccc(CN2C(=O)NC(C)(c3ccc(Cl)c(Cl)c3)C2=O)n1. The van der Waals surface area contributed by atoms with Crippen LogP contribution in [0, 0.1) is 0 Å². The van der Waals surface area contributed by atoms with Crippen LogP contribution < -0.4 is 10.1 Å². The van der Waals surface area contributed by atoms with Crippen molar-refractivity contribution in [2.45, 2.75) is 56.7 Å². The fourth-order valence-electron chi connectivity index (χ4n) is 4.58. The number of rotatable bonds is 8. The highest BCUT2D eigenvalue weighted by Gasteiger charge is 2.71. The minimum absolute atomic E-state index is 0.0183. The van der Waals surface area contributed by atoms with E-state index < -0.39 is 41.0 Å². The predicted octanol–water partition coefficient (Wildman–Crippen LogP) is 7.41. The number of imide groups is 1. The number of benzene rings is 2. The van der Waals surface area contributed by atoms with Crippen molar-refractivity contribution < 1.29 is 45.8 Å². The Morgan fingerprint density at radius 3 is 2.26 bits per heavy atom. The van der Waals surface area contributed by atoms with E-state index in [-0.39, 0.29) is 45.9 Å². The Bertz CT molecular complexity index is 1550. The summed E-state index contributed by atoms with van der Waals surface area (Å²) in [6.45, 7) is 2.86. The second kappa shape index (κ2) is 11.5. The van der Waals surface area contributed by atoms with Crippen molar-refractivity contribution >= 4 is 35.1 Å². The molecular formula is C28H23Cl2F6N3O4. The number of hydrogen-bond donors (Lipinski definition) is 2. The molecular weight excluding hydrogens is 627 g/mol. The smallest absolute Gasteiger partial charge is 0.430 e. The van der Waals surface area contributed by atoms with Gasteiger partial charge in [0.15, 0.2) is 0 Å². The molecule has 1 aliphatic rings. The first-order valence-corrected chi connectivity index (χ1v) is 13.4. The van der Waals surface area contributed by atoms with Crippen LogP contribution in [0.5, 0.6) is 11.6 Å². The molecule has 2 N–H and O–H groups in total. The number of aliphatic hydroxyl groups is 1. The normalized spacial score (nSPS) is 17.8. The van der Waals surface area contributed by atoms with Gasteiger partial charge in [0.2, 0.25) is 5.88 Å². The molecule has 0 bridgehead atoms. The van der Waals surface area contributed by atoms with Crippen LogP contribution in [0.25, 0.3) is 0 Å². The van der Waals surface area contributed by atoms with Gasteiger partial charge >= 0.3 is 18.4 Å². The number of urea groups is 1. The van der Waals surface area contributed by atoms with Gasteiger partial charge < -0.3 is 15.2 Å². The lowest BCUT2D eigenvalue weighted by atomic mass is 9.90. The summed E-state index contributed by atoms with van der Waals surface area (Å²) in [5, 5.41) is 12.9. The molecule has 1 atom stereocenters. The van der Waals surface area contributed by atoms with Gasteiger partial charge in [0.1, 0.15) is 11.3 Å². The third-order valence-corrected chi connectivity index (χ3v) is 7.64. The molecule has 3 amide bonds. The van der Waals surface area contributed by atoms with Gasteiger partial charge in [-0.1, -0.05) is 54.7 Å². The maximum absolute atomic E-state index is 13.4. The molecule has 0 radical (unpaired) electrons. The lowest BCUT2D eigenvalue weighted by Gasteiger charge is -2.33. The van der Waals surface area contributed by atoms with Crippen LogP contribution in [0.2, 0.25) is 10.0 Å². The molecule has 1 fully saturated rings. The van der Waals surface area contributed by atoms with E-state index in [2.05, 4.69) is 10.3 Å². The Morgan fingerprint density at radius 2 is 1.65 bits per heavy atom. The molecule has 4 rings (SSSR count). The second-order valence-corrected chi connectivity index (χ2v) is 10.7. The first kappa shape index (κ1) is 32.4. The van der Waals surface area contributed by atoms with Crippen molar-refractivity contribution in [1.82, 2.24) is 15.2 Å². The second-order valence-electron chi connectivity index (χ2n) is 9.92. The minimum Gasteiger partial charge on any atom is -0.439 e. The number of nitrogens with one attached hydrogen (secondary N) is 1. The van der Waals surface area contributed by atoms with Gasteiger partial charge in [0.05, 0.1) is 22.3 Å². The minimum atomic E-state index is -6.04. The fraction of sp³-hybridized carbons (Fsp3) is 0.321. The Balaban J connectivity index is 1.60.